The van der Waals surface area contributed by atoms with Gasteiger partial charge in [0.25, 0.3) is 0 Å². The zero-order valence-electron chi connectivity index (χ0n) is 15.2. The molecule has 134 valence electrons. The fourth-order valence-electron chi connectivity index (χ4n) is 2.27. The van der Waals surface area contributed by atoms with E-state index in [4.69, 9.17) is 10.5 Å². The Morgan fingerprint density at radius 3 is 2.36 bits per heavy atom. The smallest absolute Gasteiger partial charge is 0.241 e. The molecule has 1 amide bonds. The van der Waals surface area contributed by atoms with E-state index >= 15 is 0 Å². The van der Waals surface area contributed by atoms with Crippen molar-refractivity contribution >= 4 is 5.91 Å². The van der Waals surface area contributed by atoms with Crippen LogP contribution in [-0.2, 0) is 11.3 Å². The summed E-state index contributed by atoms with van der Waals surface area (Å²) in [4.78, 5) is 14.3. The summed E-state index contributed by atoms with van der Waals surface area (Å²) in [6, 6.07) is 14.8. The second kappa shape index (κ2) is 9.20. The van der Waals surface area contributed by atoms with Crippen LogP contribution in [0.5, 0.6) is 5.75 Å². The molecule has 0 saturated heterocycles. The van der Waals surface area contributed by atoms with E-state index in [1.165, 1.54) is 0 Å². The number of likely N-dealkylation sites (N-methyl/N-ethyl adjacent to an activating group) is 1. The first-order chi connectivity index (χ1) is 12.0. The quantitative estimate of drug-likeness (QED) is 0.773. The van der Waals surface area contributed by atoms with Crippen molar-refractivity contribution < 1.29 is 9.53 Å². The van der Waals surface area contributed by atoms with Gasteiger partial charge in [-0.3, -0.25) is 4.79 Å². The first kappa shape index (κ1) is 19.0. The third-order valence-corrected chi connectivity index (χ3v) is 3.92. The third-order valence-electron chi connectivity index (χ3n) is 3.92. The summed E-state index contributed by atoms with van der Waals surface area (Å²) in [6.45, 7) is 3.96. The van der Waals surface area contributed by atoms with Crippen LogP contribution in [0.3, 0.4) is 0 Å². The molecule has 0 radical (unpaired) electrons. The molecular weight excluding hydrogens is 314 g/mol. The molecule has 0 aliphatic heterocycles. The van der Waals surface area contributed by atoms with Crippen LogP contribution in [0.15, 0.2) is 48.5 Å². The Balaban J connectivity index is 1.82. The Labute approximate surface area is 149 Å². The van der Waals surface area contributed by atoms with E-state index in [9.17, 15) is 4.79 Å². The summed E-state index contributed by atoms with van der Waals surface area (Å²) in [5.41, 5.74) is 8.98. The van der Waals surface area contributed by atoms with E-state index in [0.29, 0.717) is 13.2 Å². The van der Waals surface area contributed by atoms with Crippen molar-refractivity contribution in [1.82, 2.24) is 10.2 Å². The van der Waals surface area contributed by atoms with Crippen LogP contribution in [0.2, 0.25) is 0 Å². The van der Waals surface area contributed by atoms with Crippen molar-refractivity contribution in [2.24, 2.45) is 5.73 Å². The minimum Gasteiger partial charge on any atom is -0.492 e. The van der Waals surface area contributed by atoms with Crippen LogP contribution >= 0.6 is 0 Å². The highest BCUT2D eigenvalue weighted by atomic mass is 16.5. The molecule has 0 aliphatic carbocycles. The molecule has 1 unspecified atom stereocenters. The average molecular weight is 341 g/mol. The molecule has 0 spiro atoms. The molecule has 2 aromatic rings. The highest BCUT2D eigenvalue weighted by Gasteiger charge is 2.15. The summed E-state index contributed by atoms with van der Waals surface area (Å²) in [5, 5.41) is 2.88. The Kier molecular flexibility index (Phi) is 6.98. The van der Waals surface area contributed by atoms with Gasteiger partial charge in [0, 0.05) is 13.1 Å². The van der Waals surface area contributed by atoms with Crippen molar-refractivity contribution in [3.05, 3.63) is 65.2 Å². The van der Waals surface area contributed by atoms with E-state index in [2.05, 4.69) is 10.2 Å². The number of nitrogens with one attached hydrogen (secondary N) is 1. The lowest BCUT2D eigenvalue weighted by molar-refractivity contribution is -0.122. The number of carbonyl (C=O) groups excluding carboxylic acids is 1. The fourth-order valence-corrected chi connectivity index (χ4v) is 2.27. The zero-order chi connectivity index (χ0) is 18.2. The molecule has 5 nitrogen and oxygen atoms in total. The lowest BCUT2D eigenvalue weighted by atomic mass is 10.1. The summed E-state index contributed by atoms with van der Waals surface area (Å²) in [5.74, 6) is 0.642. The molecule has 0 bridgehead atoms. The summed E-state index contributed by atoms with van der Waals surface area (Å²) in [7, 11) is 4.02. The maximum absolute atomic E-state index is 12.2. The van der Waals surface area contributed by atoms with Crippen LogP contribution < -0.4 is 15.8 Å². The number of benzene rings is 2. The van der Waals surface area contributed by atoms with E-state index in [0.717, 1.165) is 29.0 Å². The average Bonchev–Trinajstić information content (AvgIpc) is 2.60. The van der Waals surface area contributed by atoms with Crippen molar-refractivity contribution in [3.63, 3.8) is 0 Å². The van der Waals surface area contributed by atoms with Crippen LogP contribution in [0, 0.1) is 6.92 Å². The monoisotopic (exact) mass is 341 g/mol. The molecule has 0 aromatic heterocycles. The van der Waals surface area contributed by atoms with E-state index in [-0.39, 0.29) is 5.91 Å². The lowest BCUT2D eigenvalue weighted by Gasteiger charge is -2.14. The van der Waals surface area contributed by atoms with Crippen LogP contribution in [0.1, 0.15) is 22.7 Å². The van der Waals surface area contributed by atoms with Gasteiger partial charge in [0.1, 0.15) is 18.4 Å². The van der Waals surface area contributed by atoms with Gasteiger partial charge in [0.15, 0.2) is 0 Å². The number of nitrogens with zero attached hydrogens (tertiary/aromatic N) is 1. The molecule has 3 N–H and O–H groups in total. The molecule has 2 rings (SSSR count). The van der Waals surface area contributed by atoms with E-state index in [1.54, 1.807) is 0 Å². The number of ether oxygens (including phenoxy) is 1. The van der Waals surface area contributed by atoms with Gasteiger partial charge >= 0.3 is 0 Å². The van der Waals surface area contributed by atoms with Crippen molar-refractivity contribution in [3.8, 4) is 5.75 Å². The predicted molar refractivity (Wildman–Crippen MR) is 100 cm³/mol. The van der Waals surface area contributed by atoms with Gasteiger partial charge in [0.05, 0.1) is 0 Å². The molecule has 2 aromatic carbocycles. The number of hydrogen-bond acceptors (Lipinski definition) is 4. The molecule has 25 heavy (non-hydrogen) atoms. The number of amides is 1. The number of nitrogens with two attached hydrogens (primary N) is 1. The van der Waals surface area contributed by atoms with Gasteiger partial charge in [-0.1, -0.05) is 42.0 Å². The number of carbonyl (C=O) groups is 1. The third kappa shape index (κ3) is 6.21. The molecule has 0 fully saturated rings. The lowest BCUT2D eigenvalue weighted by Crippen LogP contribution is -2.33. The minimum atomic E-state index is -0.658. The van der Waals surface area contributed by atoms with Crippen molar-refractivity contribution in [1.29, 1.82) is 0 Å². The second-order valence-corrected chi connectivity index (χ2v) is 6.40. The predicted octanol–water partition coefficient (Wildman–Crippen LogP) is 2.25. The van der Waals surface area contributed by atoms with Gasteiger partial charge in [-0.15, -0.1) is 0 Å². The SMILES string of the molecule is Cc1ccc(C(N)C(=O)NCc2ccc(OCCN(C)C)cc2)cc1. The van der Waals surface area contributed by atoms with Gasteiger partial charge < -0.3 is 20.7 Å². The molecule has 0 saturated carbocycles. The van der Waals surface area contributed by atoms with Gasteiger partial charge in [-0.2, -0.15) is 0 Å². The van der Waals surface area contributed by atoms with Gasteiger partial charge in [0.2, 0.25) is 5.91 Å². The van der Waals surface area contributed by atoms with Gasteiger partial charge in [-0.05, 0) is 44.3 Å². The molecule has 1 atom stereocenters. The highest BCUT2D eigenvalue weighted by molar-refractivity contribution is 5.82. The number of aryl methyl sites for hydroxylation is 1. The van der Waals surface area contributed by atoms with Crippen molar-refractivity contribution in [2.45, 2.75) is 19.5 Å². The van der Waals surface area contributed by atoms with Crippen LogP contribution in [0.25, 0.3) is 0 Å². The zero-order valence-corrected chi connectivity index (χ0v) is 15.2. The first-order valence-electron chi connectivity index (χ1n) is 8.42. The maximum Gasteiger partial charge on any atom is 0.241 e. The second-order valence-electron chi connectivity index (χ2n) is 6.40. The molecule has 0 heterocycles. The largest absolute Gasteiger partial charge is 0.492 e. The fraction of sp³-hybridized carbons (Fsp3) is 0.350. The Morgan fingerprint density at radius 2 is 1.76 bits per heavy atom. The standard InChI is InChI=1S/C20H27N3O2/c1-15-4-8-17(9-5-15)19(21)20(24)22-14-16-6-10-18(11-7-16)25-13-12-23(2)3/h4-11,19H,12-14,21H2,1-3H3,(H,22,24). The maximum atomic E-state index is 12.2. The Bertz CT molecular complexity index is 666. The van der Waals surface area contributed by atoms with Crippen molar-refractivity contribution in [2.75, 3.05) is 27.2 Å². The first-order valence-corrected chi connectivity index (χ1v) is 8.42. The molecular formula is C20H27N3O2. The number of rotatable bonds is 8. The number of hydrogen-bond donors (Lipinski definition) is 2. The molecule has 5 heteroatoms. The molecule has 0 aliphatic rings. The van der Waals surface area contributed by atoms with Crippen LogP contribution in [-0.4, -0.2) is 38.1 Å². The topological polar surface area (TPSA) is 67.6 Å². The Hall–Kier alpha value is -2.37. The summed E-state index contributed by atoms with van der Waals surface area (Å²) < 4.78 is 5.65. The van der Waals surface area contributed by atoms with E-state index in [1.807, 2.05) is 69.6 Å². The Morgan fingerprint density at radius 1 is 1.12 bits per heavy atom. The van der Waals surface area contributed by atoms with Gasteiger partial charge in [-0.25, -0.2) is 0 Å². The summed E-state index contributed by atoms with van der Waals surface area (Å²) in [6.07, 6.45) is 0. The highest BCUT2D eigenvalue weighted by Crippen LogP contribution is 2.14. The normalized spacial score (nSPS) is 12.0. The van der Waals surface area contributed by atoms with E-state index < -0.39 is 6.04 Å². The minimum absolute atomic E-state index is 0.185. The summed E-state index contributed by atoms with van der Waals surface area (Å²) >= 11 is 0. The van der Waals surface area contributed by atoms with Crippen LogP contribution in [0.4, 0.5) is 0 Å².